The van der Waals surface area contributed by atoms with E-state index in [2.05, 4.69) is 10.3 Å². The number of nitrogens with zero attached hydrogens (tertiary/aromatic N) is 3. The lowest BCUT2D eigenvalue weighted by Crippen LogP contribution is -2.64. The number of carbonyl (C=O) groups excluding carboxylic acids is 3. The molecule has 1 aromatic heterocycles. The molecular formula is C25H25ClN4O6. The van der Waals surface area contributed by atoms with E-state index in [1.165, 1.54) is 36.1 Å². The summed E-state index contributed by atoms with van der Waals surface area (Å²) in [5, 5.41) is 3.17. The van der Waals surface area contributed by atoms with Crippen LogP contribution >= 0.6 is 11.6 Å². The van der Waals surface area contributed by atoms with Crippen molar-refractivity contribution in [3.8, 4) is 11.5 Å². The first-order valence-electron chi connectivity index (χ1n) is 11.0. The second kappa shape index (κ2) is 9.90. The molecule has 2 amide bonds. The number of fused-ring (bicyclic) bond motifs is 1. The smallest absolute Gasteiger partial charge is 0.359 e. The maximum Gasteiger partial charge on any atom is 0.359 e. The van der Waals surface area contributed by atoms with Crippen LogP contribution in [-0.4, -0.2) is 54.2 Å². The first kappa shape index (κ1) is 25.1. The highest BCUT2D eigenvalue weighted by molar-refractivity contribution is 6.32. The Morgan fingerprint density at radius 3 is 2.50 bits per heavy atom. The molecule has 0 radical (unpaired) electrons. The number of hydrogen-bond donors (Lipinski definition) is 1. The van der Waals surface area contributed by atoms with E-state index in [4.69, 9.17) is 25.8 Å². The maximum absolute atomic E-state index is 13.9. The summed E-state index contributed by atoms with van der Waals surface area (Å²) in [5.74, 6) is -0.745. The highest BCUT2D eigenvalue weighted by atomic mass is 35.5. The van der Waals surface area contributed by atoms with Gasteiger partial charge in [-0.3, -0.25) is 14.5 Å². The predicted octanol–water partition coefficient (Wildman–Crippen LogP) is 3.08. The molecule has 0 aliphatic carbocycles. The Bertz CT molecular complexity index is 1340. The highest BCUT2D eigenvalue weighted by Crippen LogP contribution is 2.37. The molecule has 1 aliphatic rings. The fourth-order valence-electron chi connectivity index (χ4n) is 4.29. The van der Waals surface area contributed by atoms with E-state index < -0.39 is 23.3 Å². The third kappa shape index (κ3) is 4.24. The molecule has 4 rings (SSSR count). The minimum absolute atomic E-state index is 0.0174. The van der Waals surface area contributed by atoms with Crippen molar-refractivity contribution in [2.24, 2.45) is 0 Å². The average Bonchev–Trinajstić information content (AvgIpc) is 3.30. The van der Waals surface area contributed by atoms with Crippen molar-refractivity contribution in [3.63, 3.8) is 0 Å². The molecule has 36 heavy (non-hydrogen) atoms. The van der Waals surface area contributed by atoms with E-state index in [0.29, 0.717) is 17.2 Å². The van der Waals surface area contributed by atoms with Crippen LogP contribution in [0.4, 0.5) is 5.69 Å². The van der Waals surface area contributed by atoms with Gasteiger partial charge in [0.1, 0.15) is 22.7 Å². The van der Waals surface area contributed by atoms with Crippen LogP contribution in [-0.2, 0) is 22.6 Å². The zero-order chi connectivity index (χ0) is 26.0. The van der Waals surface area contributed by atoms with Crippen molar-refractivity contribution in [1.29, 1.82) is 0 Å². The Balaban J connectivity index is 1.77. The summed E-state index contributed by atoms with van der Waals surface area (Å²) in [5.41, 5.74) is -0.399. The van der Waals surface area contributed by atoms with Crippen LogP contribution in [0, 0.1) is 0 Å². The average molecular weight is 513 g/mol. The summed E-state index contributed by atoms with van der Waals surface area (Å²) >= 11 is 6.36. The predicted molar refractivity (Wildman–Crippen MR) is 132 cm³/mol. The van der Waals surface area contributed by atoms with E-state index in [1.54, 1.807) is 32.2 Å². The molecule has 0 spiro atoms. The number of ether oxygens (including phenoxy) is 3. The van der Waals surface area contributed by atoms with E-state index in [0.717, 1.165) is 5.56 Å². The van der Waals surface area contributed by atoms with Gasteiger partial charge in [0, 0.05) is 17.8 Å². The summed E-state index contributed by atoms with van der Waals surface area (Å²) in [6.07, 6.45) is 1.35. The van der Waals surface area contributed by atoms with E-state index in [-0.39, 0.29) is 29.5 Å². The van der Waals surface area contributed by atoms with Crippen LogP contribution in [0.3, 0.4) is 0 Å². The zero-order valence-corrected chi connectivity index (χ0v) is 21.0. The Labute approximate surface area is 212 Å². The number of anilines is 1. The topological polar surface area (TPSA) is 112 Å². The fraction of sp³-hybridized carbons (Fsp3) is 0.280. The van der Waals surface area contributed by atoms with E-state index in [9.17, 15) is 14.4 Å². The molecule has 10 nitrogen and oxygen atoms in total. The molecule has 1 N–H and O–H groups in total. The van der Waals surface area contributed by atoms with Gasteiger partial charge in [-0.05, 0) is 31.2 Å². The van der Waals surface area contributed by atoms with Gasteiger partial charge in [0.05, 0.1) is 39.2 Å². The number of nitrogens with one attached hydrogen (secondary N) is 1. The van der Waals surface area contributed by atoms with Crippen LogP contribution in [0.2, 0.25) is 5.02 Å². The SMILES string of the molecule is COC(=O)c1ncn2c1C(=O)N(c1ccc(OC)c(Cl)c1)[C@](C)(C(=O)NCc1ccccc1OC)C2. The van der Waals surface area contributed by atoms with Crippen molar-refractivity contribution in [1.82, 2.24) is 14.9 Å². The molecule has 0 unspecified atom stereocenters. The van der Waals surface area contributed by atoms with Crippen LogP contribution in [0.1, 0.15) is 33.5 Å². The van der Waals surface area contributed by atoms with Crippen LogP contribution in [0.15, 0.2) is 48.8 Å². The second-order valence-corrected chi connectivity index (χ2v) is 8.70. The lowest BCUT2D eigenvalue weighted by Gasteiger charge is -2.43. The molecule has 11 heteroatoms. The van der Waals surface area contributed by atoms with E-state index in [1.807, 2.05) is 18.2 Å². The zero-order valence-electron chi connectivity index (χ0n) is 20.2. The molecule has 1 atom stereocenters. The summed E-state index contributed by atoms with van der Waals surface area (Å²) in [4.78, 5) is 45.3. The van der Waals surface area contributed by atoms with Gasteiger partial charge in [0.2, 0.25) is 5.91 Å². The summed E-state index contributed by atoms with van der Waals surface area (Å²) in [7, 11) is 4.23. The molecule has 0 saturated heterocycles. The van der Waals surface area contributed by atoms with Crippen molar-refractivity contribution in [3.05, 3.63) is 70.8 Å². The number of para-hydroxylation sites is 1. The molecule has 2 aromatic carbocycles. The van der Waals surface area contributed by atoms with Crippen molar-refractivity contribution >= 4 is 35.1 Å². The van der Waals surface area contributed by atoms with Crippen LogP contribution in [0.25, 0.3) is 0 Å². The number of halogens is 1. The molecule has 188 valence electrons. The molecule has 1 aliphatic heterocycles. The van der Waals surface area contributed by atoms with Crippen LogP contribution < -0.4 is 19.7 Å². The number of methoxy groups -OCH3 is 3. The summed E-state index contributed by atoms with van der Waals surface area (Å²) in [6, 6.07) is 12.1. The number of rotatable bonds is 7. The largest absolute Gasteiger partial charge is 0.496 e. The normalized spacial score (nSPS) is 16.8. The number of amides is 2. The monoisotopic (exact) mass is 512 g/mol. The Morgan fingerprint density at radius 2 is 1.83 bits per heavy atom. The molecule has 0 fully saturated rings. The first-order chi connectivity index (χ1) is 17.2. The van der Waals surface area contributed by atoms with Gasteiger partial charge in [0.25, 0.3) is 5.91 Å². The van der Waals surface area contributed by atoms with Crippen molar-refractivity contribution in [2.75, 3.05) is 26.2 Å². The minimum atomic E-state index is -1.40. The van der Waals surface area contributed by atoms with Crippen molar-refractivity contribution < 1.29 is 28.6 Å². The highest BCUT2D eigenvalue weighted by Gasteiger charge is 2.50. The number of hydrogen-bond acceptors (Lipinski definition) is 7. The molecule has 2 heterocycles. The number of aromatic nitrogens is 2. The van der Waals surface area contributed by atoms with Gasteiger partial charge in [-0.15, -0.1) is 0 Å². The number of benzene rings is 2. The summed E-state index contributed by atoms with van der Waals surface area (Å²) < 4.78 is 16.9. The lowest BCUT2D eigenvalue weighted by atomic mass is 9.93. The fourth-order valence-corrected chi connectivity index (χ4v) is 4.54. The minimum Gasteiger partial charge on any atom is -0.496 e. The van der Waals surface area contributed by atoms with Crippen LogP contribution in [0.5, 0.6) is 11.5 Å². The van der Waals surface area contributed by atoms with Crippen molar-refractivity contribution in [2.45, 2.75) is 25.6 Å². The number of carbonyl (C=O) groups is 3. The Kier molecular flexibility index (Phi) is 6.89. The molecular weight excluding hydrogens is 488 g/mol. The third-order valence-electron chi connectivity index (χ3n) is 6.11. The van der Waals surface area contributed by atoms with Gasteiger partial charge in [-0.2, -0.15) is 0 Å². The first-order valence-corrected chi connectivity index (χ1v) is 11.3. The third-order valence-corrected chi connectivity index (χ3v) is 6.40. The maximum atomic E-state index is 13.9. The van der Waals surface area contributed by atoms with Gasteiger partial charge >= 0.3 is 5.97 Å². The molecule has 3 aromatic rings. The molecule has 0 bridgehead atoms. The van der Waals surface area contributed by atoms with E-state index >= 15 is 0 Å². The molecule has 0 saturated carbocycles. The van der Waals surface area contributed by atoms with Gasteiger partial charge in [-0.1, -0.05) is 29.8 Å². The van der Waals surface area contributed by atoms with Gasteiger partial charge < -0.3 is 24.1 Å². The quantitative estimate of drug-likeness (QED) is 0.484. The Morgan fingerprint density at radius 1 is 1.11 bits per heavy atom. The lowest BCUT2D eigenvalue weighted by molar-refractivity contribution is -0.126. The second-order valence-electron chi connectivity index (χ2n) is 8.29. The standard InChI is InChI=1S/C25H25ClN4O6/c1-25(24(33)27-12-15-7-5-6-8-18(15)34-2)13-29-14-28-20(23(32)36-4)21(29)22(31)30(25)16-9-10-19(35-3)17(26)11-16/h5-11,14H,12-13H2,1-4H3,(H,27,33)/t25-/m0/s1. The number of imidazole rings is 1. The number of esters is 1. The van der Waals surface area contributed by atoms with Gasteiger partial charge in [0.15, 0.2) is 5.69 Å². The summed E-state index contributed by atoms with van der Waals surface area (Å²) in [6.45, 7) is 1.84. The Hall–Kier alpha value is -4.05. The van der Waals surface area contributed by atoms with Gasteiger partial charge in [-0.25, -0.2) is 9.78 Å².